The zero-order valence-electron chi connectivity index (χ0n) is 11.5. The van der Waals surface area contributed by atoms with E-state index in [1.165, 1.54) is 0 Å². The SMILES string of the molecule is O=c1cc(NC(O)c2ccc(C(F)(F)C(F)(F)F)cc2F)cn[nH]1. The number of anilines is 1. The minimum atomic E-state index is -5.88. The summed E-state index contributed by atoms with van der Waals surface area (Å²) in [6.07, 6.45) is -6.61. The van der Waals surface area contributed by atoms with Gasteiger partial charge in [-0.05, 0) is 6.07 Å². The third-order valence-corrected chi connectivity index (χ3v) is 2.98. The first-order chi connectivity index (χ1) is 11.0. The highest BCUT2D eigenvalue weighted by Crippen LogP contribution is 2.44. The van der Waals surface area contributed by atoms with Gasteiger partial charge in [0.2, 0.25) is 0 Å². The maximum Gasteiger partial charge on any atom is 0.458 e. The van der Waals surface area contributed by atoms with Crippen LogP contribution in [0.1, 0.15) is 17.4 Å². The number of nitrogens with one attached hydrogen (secondary N) is 2. The topological polar surface area (TPSA) is 78.0 Å². The van der Waals surface area contributed by atoms with Gasteiger partial charge in [0.25, 0.3) is 5.56 Å². The summed E-state index contributed by atoms with van der Waals surface area (Å²) in [5, 5.41) is 17.5. The van der Waals surface area contributed by atoms with Crippen LogP contribution in [0.3, 0.4) is 0 Å². The van der Waals surface area contributed by atoms with Gasteiger partial charge in [-0.25, -0.2) is 9.49 Å². The molecule has 1 heterocycles. The van der Waals surface area contributed by atoms with Gasteiger partial charge in [0.1, 0.15) is 5.82 Å². The van der Waals surface area contributed by atoms with Gasteiger partial charge in [-0.3, -0.25) is 4.79 Å². The van der Waals surface area contributed by atoms with Crippen LogP contribution < -0.4 is 10.9 Å². The second kappa shape index (κ2) is 6.15. The minimum Gasteiger partial charge on any atom is -0.369 e. The highest BCUT2D eigenvalue weighted by Gasteiger charge is 2.58. The Bertz CT molecular complexity index is 790. The third kappa shape index (κ3) is 3.50. The lowest BCUT2D eigenvalue weighted by molar-refractivity contribution is -0.289. The highest BCUT2D eigenvalue weighted by molar-refractivity contribution is 5.42. The Morgan fingerprint density at radius 1 is 1.17 bits per heavy atom. The molecule has 0 bridgehead atoms. The van der Waals surface area contributed by atoms with E-state index in [9.17, 15) is 36.2 Å². The molecule has 0 aliphatic rings. The van der Waals surface area contributed by atoms with E-state index in [1.54, 1.807) is 0 Å². The second-order valence-corrected chi connectivity index (χ2v) is 4.69. The van der Waals surface area contributed by atoms with Crippen LogP contribution in [0.25, 0.3) is 0 Å². The Hall–Kier alpha value is -2.56. The number of aliphatic hydroxyl groups excluding tert-OH is 1. The zero-order valence-corrected chi connectivity index (χ0v) is 11.5. The van der Waals surface area contributed by atoms with Gasteiger partial charge in [-0.2, -0.15) is 27.1 Å². The van der Waals surface area contributed by atoms with Crippen LogP contribution in [0.15, 0.2) is 35.3 Å². The maximum absolute atomic E-state index is 13.8. The number of hydrogen-bond acceptors (Lipinski definition) is 4. The fraction of sp³-hybridized carbons (Fsp3) is 0.231. The van der Waals surface area contributed by atoms with Crippen LogP contribution in [-0.4, -0.2) is 21.5 Å². The van der Waals surface area contributed by atoms with E-state index in [4.69, 9.17) is 0 Å². The molecule has 24 heavy (non-hydrogen) atoms. The second-order valence-electron chi connectivity index (χ2n) is 4.69. The zero-order chi connectivity index (χ0) is 18.1. The Morgan fingerprint density at radius 3 is 2.38 bits per heavy atom. The molecule has 3 N–H and O–H groups in total. The van der Waals surface area contributed by atoms with Gasteiger partial charge in [-0.1, -0.05) is 12.1 Å². The first-order valence-electron chi connectivity index (χ1n) is 6.26. The number of hydrogen-bond donors (Lipinski definition) is 3. The normalized spacial score (nSPS) is 13.6. The van der Waals surface area contributed by atoms with E-state index in [0.29, 0.717) is 12.1 Å². The number of alkyl halides is 5. The van der Waals surface area contributed by atoms with Gasteiger partial charge >= 0.3 is 12.1 Å². The smallest absolute Gasteiger partial charge is 0.369 e. The van der Waals surface area contributed by atoms with Crippen molar-refractivity contribution < 1.29 is 31.4 Å². The molecule has 0 aliphatic carbocycles. The van der Waals surface area contributed by atoms with Gasteiger partial charge in [-0.15, -0.1) is 0 Å². The fourth-order valence-electron chi connectivity index (χ4n) is 1.80. The average molecular weight is 353 g/mol. The summed E-state index contributed by atoms with van der Waals surface area (Å²) in [6.45, 7) is 0. The first kappa shape index (κ1) is 17.8. The molecule has 0 fully saturated rings. The molecule has 130 valence electrons. The van der Waals surface area contributed by atoms with Crippen molar-refractivity contribution in [3.05, 3.63) is 57.8 Å². The summed E-state index contributed by atoms with van der Waals surface area (Å²) in [6, 6.07) is 1.90. The monoisotopic (exact) mass is 353 g/mol. The van der Waals surface area contributed by atoms with Gasteiger partial charge in [0, 0.05) is 17.2 Å². The fourth-order valence-corrected chi connectivity index (χ4v) is 1.80. The molecule has 0 saturated heterocycles. The van der Waals surface area contributed by atoms with Crippen molar-refractivity contribution in [1.82, 2.24) is 10.2 Å². The summed E-state index contributed by atoms with van der Waals surface area (Å²) in [5.41, 5.74) is -2.83. The minimum absolute atomic E-state index is 0.0101. The van der Waals surface area contributed by atoms with Crippen molar-refractivity contribution >= 4 is 5.69 Å². The molecule has 5 nitrogen and oxygen atoms in total. The quantitative estimate of drug-likeness (QED) is 0.583. The summed E-state index contributed by atoms with van der Waals surface area (Å²) in [4.78, 5) is 11.0. The lowest BCUT2D eigenvalue weighted by atomic mass is 10.0. The van der Waals surface area contributed by atoms with Crippen molar-refractivity contribution in [3.63, 3.8) is 0 Å². The summed E-state index contributed by atoms with van der Waals surface area (Å²) in [5.74, 6) is -6.71. The molecule has 0 spiro atoms. The molecular weight excluding hydrogens is 344 g/mol. The Balaban J connectivity index is 2.28. The number of halogens is 6. The van der Waals surface area contributed by atoms with E-state index in [-0.39, 0.29) is 11.8 Å². The number of H-pyrrole nitrogens is 1. The summed E-state index contributed by atoms with van der Waals surface area (Å²) >= 11 is 0. The molecular formula is C13H9F6N3O2. The molecule has 0 amide bonds. The highest BCUT2D eigenvalue weighted by atomic mass is 19.4. The van der Waals surface area contributed by atoms with Crippen molar-refractivity contribution in [3.8, 4) is 0 Å². The molecule has 11 heteroatoms. The van der Waals surface area contributed by atoms with Crippen LogP contribution in [0.2, 0.25) is 0 Å². The molecule has 0 saturated carbocycles. The van der Waals surface area contributed by atoms with Crippen LogP contribution in [0.5, 0.6) is 0 Å². The number of rotatable bonds is 4. The maximum atomic E-state index is 13.8. The van der Waals surface area contributed by atoms with Crippen LogP contribution in [0, 0.1) is 5.82 Å². The summed E-state index contributed by atoms with van der Waals surface area (Å²) < 4.78 is 76.9. The number of aromatic nitrogens is 2. The Labute approximate surface area is 129 Å². The van der Waals surface area contributed by atoms with Crippen molar-refractivity contribution in [1.29, 1.82) is 0 Å². The molecule has 1 atom stereocenters. The Kier molecular flexibility index (Phi) is 4.56. The van der Waals surface area contributed by atoms with E-state index >= 15 is 0 Å². The van der Waals surface area contributed by atoms with Crippen LogP contribution in [0.4, 0.5) is 32.0 Å². The third-order valence-electron chi connectivity index (χ3n) is 2.98. The van der Waals surface area contributed by atoms with Gasteiger partial charge in [0.15, 0.2) is 6.23 Å². The summed E-state index contributed by atoms with van der Waals surface area (Å²) in [7, 11) is 0. The number of benzene rings is 1. The molecule has 0 aliphatic heterocycles. The van der Waals surface area contributed by atoms with E-state index < -0.39 is 40.8 Å². The van der Waals surface area contributed by atoms with Crippen molar-refractivity contribution in [2.75, 3.05) is 5.32 Å². The van der Waals surface area contributed by atoms with Crippen LogP contribution >= 0.6 is 0 Å². The standard InChI is InChI=1S/C13H9F6N3O2/c14-9-3-6(12(15,16)13(17,18)19)1-2-8(9)11(24)21-7-4-10(23)22-20-5-7/h1-5,11,24H,(H2,21,22,23). The molecule has 0 radical (unpaired) electrons. The number of aromatic amines is 1. The largest absolute Gasteiger partial charge is 0.458 e. The van der Waals surface area contributed by atoms with Crippen LogP contribution in [-0.2, 0) is 5.92 Å². The molecule has 1 unspecified atom stereocenters. The van der Waals surface area contributed by atoms with E-state index in [1.807, 2.05) is 5.10 Å². The lowest BCUT2D eigenvalue weighted by Crippen LogP contribution is -2.33. The molecule has 1 aromatic carbocycles. The number of aliphatic hydroxyl groups is 1. The van der Waals surface area contributed by atoms with E-state index in [2.05, 4.69) is 10.4 Å². The van der Waals surface area contributed by atoms with Crippen molar-refractivity contribution in [2.45, 2.75) is 18.3 Å². The van der Waals surface area contributed by atoms with Crippen molar-refractivity contribution in [2.24, 2.45) is 0 Å². The van der Waals surface area contributed by atoms with Gasteiger partial charge < -0.3 is 10.4 Å². The first-order valence-corrected chi connectivity index (χ1v) is 6.26. The lowest BCUT2D eigenvalue weighted by Gasteiger charge is -2.21. The number of nitrogens with zero attached hydrogens (tertiary/aromatic N) is 1. The molecule has 2 rings (SSSR count). The molecule has 2 aromatic rings. The average Bonchev–Trinajstić information content (AvgIpc) is 2.45. The van der Waals surface area contributed by atoms with E-state index in [0.717, 1.165) is 12.3 Å². The Morgan fingerprint density at radius 2 is 1.83 bits per heavy atom. The predicted molar refractivity (Wildman–Crippen MR) is 69.8 cm³/mol. The predicted octanol–water partition coefficient (Wildman–Crippen LogP) is 2.67. The van der Waals surface area contributed by atoms with Gasteiger partial charge in [0.05, 0.1) is 11.9 Å². The molecule has 1 aromatic heterocycles.